The van der Waals surface area contributed by atoms with Crippen LogP contribution in [0.3, 0.4) is 0 Å². The number of nitrogens with two attached hydrogens (primary N) is 2. The fraction of sp³-hybridized carbons (Fsp3) is 0.222. The second-order valence-corrected chi connectivity index (χ2v) is 7.89. The topological polar surface area (TPSA) is 118 Å². The summed E-state index contributed by atoms with van der Waals surface area (Å²) in [5.74, 6) is -0.781. The number of pyridine rings is 1. The van der Waals surface area contributed by atoms with Crippen molar-refractivity contribution < 1.29 is 19.1 Å². The second-order valence-electron chi connectivity index (χ2n) is 7.89. The molecule has 0 spiro atoms. The number of esters is 2. The van der Waals surface area contributed by atoms with Crippen molar-refractivity contribution in [1.82, 2.24) is 4.98 Å². The van der Waals surface area contributed by atoms with E-state index < -0.39 is 18.1 Å². The maximum atomic E-state index is 11.2. The molecule has 0 fully saturated rings. The van der Waals surface area contributed by atoms with Gasteiger partial charge in [0.1, 0.15) is 12.1 Å². The quantitative estimate of drug-likeness (QED) is 0.425. The maximum absolute atomic E-state index is 11.2. The number of benzene rings is 3. The third-order valence-corrected chi connectivity index (χ3v) is 5.38. The molecule has 4 aromatic rings. The summed E-state index contributed by atoms with van der Waals surface area (Å²) in [6, 6.07) is 22.8. The van der Waals surface area contributed by atoms with Crippen LogP contribution in [0, 0.1) is 0 Å². The molecule has 0 amide bonds. The molecule has 1 aromatic heterocycles. The number of methoxy groups -OCH3 is 2. The Balaban J connectivity index is 0.000000191. The fourth-order valence-electron chi connectivity index (χ4n) is 3.57. The molecule has 0 saturated carbocycles. The lowest BCUT2D eigenvalue weighted by atomic mass is 10.0. The van der Waals surface area contributed by atoms with Crippen molar-refractivity contribution in [1.29, 1.82) is 0 Å². The highest BCUT2D eigenvalue weighted by atomic mass is 16.5. The maximum Gasteiger partial charge on any atom is 0.322 e. The van der Waals surface area contributed by atoms with Gasteiger partial charge in [-0.05, 0) is 46.9 Å². The third-order valence-electron chi connectivity index (χ3n) is 5.38. The monoisotopic (exact) mass is 459 g/mol. The Morgan fingerprint density at radius 3 is 1.91 bits per heavy atom. The van der Waals surface area contributed by atoms with Gasteiger partial charge < -0.3 is 20.9 Å². The Labute approximate surface area is 198 Å². The summed E-state index contributed by atoms with van der Waals surface area (Å²) >= 11 is 0. The summed E-state index contributed by atoms with van der Waals surface area (Å²) in [6.07, 6.45) is 2.67. The molecule has 0 aliphatic rings. The van der Waals surface area contributed by atoms with E-state index >= 15 is 0 Å². The minimum atomic E-state index is -0.636. The zero-order chi connectivity index (χ0) is 24.5. The van der Waals surface area contributed by atoms with Crippen LogP contribution in [-0.2, 0) is 31.9 Å². The Morgan fingerprint density at radius 1 is 0.735 bits per heavy atom. The summed E-state index contributed by atoms with van der Waals surface area (Å²) in [6.45, 7) is 0. The van der Waals surface area contributed by atoms with Gasteiger partial charge in [-0.25, -0.2) is 0 Å². The van der Waals surface area contributed by atoms with Crippen molar-refractivity contribution in [2.45, 2.75) is 24.9 Å². The minimum absolute atomic E-state index is 0.377. The molecule has 4 rings (SSSR count). The van der Waals surface area contributed by atoms with Gasteiger partial charge in [-0.2, -0.15) is 0 Å². The van der Waals surface area contributed by atoms with E-state index in [4.69, 9.17) is 11.5 Å². The SMILES string of the molecule is COC(=O)C(N)Cc1ccc2ccccc2c1.COC(=O)C(N)Cc1cnc2ccccc2c1. The van der Waals surface area contributed by atoms with Gasteiger partial charge >= 0.3 is 11.9 Å². The van der Waals surface area contributed by atoms with E-state index in [0.717, 1.165) is 27.4 Å². The number of carbonyl (C=O) groups excluding carboxylic acids is 2. The van der Waals surface area contributed by atoms with Crippen LogP contribution in [0.4, 0.5) is 0 Å². The molecule has 0 radical (unpaired) electrons. The summed E-state index contributed by atoms with van der Waals surface area (Å²) in [4.78, 5) is 26.8. The average Bonchev–Trinajstić information content (AvgIpc) is 2.87. The lowest BCUT2D eigenvalue weighted by molar-refractivity contribution is -0.142. The fourth-order valence-corrected chi connectivity index (χ4v) is 3.57. The van der Waals surface area contributed by atoms with Crippen LogP contribution >= 0.6 is 0 Å². The standard InChI is InChI=1S/C14H15NO2.C13H14N2O2/c1-17-14(16)13(15)9-10-6-7-11-4-2-3-5-12(11)8-10;1-17-13(16)11(14)7-9-6-10-4-2-3-5-12(10)15-8-9/h2-8,13H,9,15H2,1H3;2-6,8,11H,7,14H2,1H3. The van der Waals surface area contributed by atoms with E-state index in [2.05, 4.69) is 26.6 Å². The van der Waals surface area contributed by atoms with E-state index in [9.17, 15) is 9.59 Å². The highest BCUT2D eigenvalue weighted by molar-refractivity contribution is 5.83. The van der Waals surface area contributed by atoms with Crippen molar-refractivity contribution >= 4 is 33.6 Å². The molecule has 7 nitrogen and oxygen atoms in total. The number of hydrogen-bond acceptors (Lipinski definition) is 7. The second kappa shape index (κ2) is 11.9. The Hall–Kier alpha value is -3.81. The largest absolute Gasteiger partial charge is 0.468 e. The summed E-state index contributed by atoms with van der Waals surface area (Å²) in [5.41, 5.74) is 14.3. The lowest BCUT2D eigenvalue weighted by Crippen LogP contribution is -2.33. The zero-order valence-corrected chi connectivity index (χ0v) is 19.3. The van der Waals surface area contributed by atoms with Crippen LogP contribution in [0.2, 0.25) is 0 Å². The number of carbonyl (C=O) groups is 2. The van der Waals surface area contributed by atoms with Crippen LogP contribution in [0.5, 0.6) is 0 Å². The number of ether oxygens (including phenoxy) is 2. The molecule has 4 N–H and O–H groups in total. The third kappa shape index (κ3) is 6.60. The van der Waals surface area contributed by atoms with Crippen LogP contribution in [-0.4, -0.2) is 43.2 Å². The van der Waals surface area contributed by atoms with E-state index in [-0.39, 0.29) is 5.97 Å². The van der Waals surface area contributed by atoms with Gasteiger partial charge in [-0.3, -0.25) is 14.6 Å². The van der Waals surface area contributed by atoms with E-state index in [1.54, 1.807) is 6.20 Å². The molecular formula is C27H29N3O4. The van der Waals surface area contributed by atoms with Crippen molar-refractivity contribution in [2.24, 2.45) is 11.5 Å². The lowest BCUT2D eigenvalue weighted by Gasteiger charge is -2.09. The molecule has 0 saturated heterocycles. The van der Waals surface area contributed by atoms with Gasteiger partial charge in [0.15, 0.2) is 0 Å². The first-order valence-corrected chi connectivity index (χ1v) is 10.9. The molecule has 0 bridgehead atoms. The number of rotatable bonds is 6. The number of aromatic nitrogens is 1. The van der Waals surface area contributed by atoms with Crippen LogP contribution in [0.25, 0.3) is 21.7 Å². The normalized spacial score (nSPS) is 12.4. The van der Waals surface area contributed by atoms with E-state index in [1.807, 2.05) is 60.7 Å². The van der Waals surface area contributed by atoms with Crippen LogP contribution in [0.1, 0.15) is 11.1 Å². The van der Waals surface area contributed by atoms with Gasteiger partial charge in [0.2, 0.25) is 0 Å². The number of fused-ring (bicyclic) bond motifs is 2. The molecule has 34 heavy (non-hydrogen) atoms. The Bertz CT molecular complexity index is 1180. The zero-order valence-electron chi connectivity index (χ0n) is 19.3. The van der Waals surface area contributed by atoms with Gasteiger partial charge in [0.05, 0.1) is 19.7 Å². The predicted molar refractivity (Wildman–Crippen MR) is 133 cm³/mol. The van der Waals surface area contributed by atoms with E-state index in [1.165, 1.54) is 19.6 Å². The molecular weight excluding hydrogens is 430 g/mol. The van der Waals surface area contributed by atoms with Crippen molar-refractivity contribution in [3.63, 3.8) is 0 Å². The average molecular weight is 460 g/mol. The molecule has 2 unspecified atom stereocenters. The Morgan fingerprint density at radius 2 is 1.26 bits per heavy atom. The molecule has 0 aliphatic heterocycles. The summed E-state index contributed by atoms with van der Waals surface area (Å²) < 4.78 is 9.20. The molecule has 3 aromatic carbocycles. The number of hydrogen-bond donors (Lipinski definition) is 2. The molecule has 0 aliphatic carbocycles. The predicted octanol–water partition coefficient (Wildman–Crippen LogP) is 3.16. The number of nitrogens with zero attached hydrogens (tertiary/aromatic N) is 1. The van der Waals surface area contributed by atoms with Crippen molar-refractivity contribution in [3.8, 4) is 0 Å². The first kappa shape index (κ1) is 24.8. The van der Waals surface area contributed by atoms with Crippen LogP contribution < -0.4 is 11.5 Å². The molecule has 7 heteroatoms. The Kier molecular flexibility index (Phi) is 8.67. The molecule has 1 heterocycles. The van der Waals surface area contributed by atoms with Gasteiger partial charge in [0.25, 0.3) is 0 Å². The van der Waals surface area contributed by atoms with Crippen molar-refractivity contribution in [2.75, 3.05) is 14.2 Å². The first-order chi connectivity index (χ1) is 16.4. The van der Waals surface area contributed by atoms with Gasteiger partial charge in [-0.1, -0.05) is 60.7 Å². The highest BCUT2D eigenvalue weighted by Crippen LogP contribution is 2.17. The highest BCUT2D eigenvalue weighted by Gasteiger charge is 2.15. The number of para-hydroxylation sites is 1. The molecule has 2 atom stereocenters. The van der Waals surface area contributed by atoms with Gasteiger partial charge in [-0.15, -0.1) is 0 Å². The molecule has 176 valence electrons. The minimum Gasteiger partial charge on any atom is -0.468 e. The summed E-state index contributed by atoms with van der Waals surface area (Å²) in [5, 5.41) is 3.38. The first-order valence-electron chi connectivity index (χ1n) is 10.9. The van der Waals surface area contributed by atoms with E-state index in [0.29, 0.717) is 12.8 Å². The summed E-state index contributed by atoms with van der Waals surface area (Å²) in [7, 11) is 2.68. The van der Waals surface area contributed by atoms with Crippen molar-refractivity contribution in [3.05, 3.63) is 90.1 Å². The smallest absolute Gasteiger partial charge is 0.322 e. The van der Waals surface area contributed by atoms with Crippen LogP contribution in [0.15, 0.2) is 79.0 Å². The van der Waals surface area contributed by atoms with Gasteiger partial charge in [0, 0.05) is 11.6 Å².